The quantitative estimate of drug-likeness (QED) is 0.208. The van der Waals surface area contributed by atoms with E-state index in [2.05, 4.69) is 27.0 Å². The van der Waals surface area contributed by atoms with Crippen molar-refractivity contribution in [2.24, 2.45) is 0 Å². The third-order valence-electron chi connectivity index (χ3n) is 6.96. The summed E-state index contributed by atoms with van der Waals surface area (Å²) in [7, 11) is 3.70. The number of hydrogen-bond acceptors (Lipinski definition) is 7. The molecule has 0 spiro atoms. The topological polar surface area (TPSA) is 113 Å². The van der Waals surface area contributed by atoms with Crippen LogP contribution >= 0.6 is 11.6 Å². The molecule has 2 aromatic heterocycles. The third kappa shape index (κ3) is 6.15. The number of benzene rings is 2. The van der Waals surface area contributed by atoms with Crippen molar-refractivity contribution in [2.75, 3.05) is 25.5 Å². The van der Waals surface area contributed by atoms with Crippen LogP contribution in [0.2, 0.25) is 5.02 Å². The minimum atomic E-state index is -0.591. The number of amides is 2. The fourth-order valence-electron chi connectivity index (χ4n) is 4.57. The molecule has 1 aliphatic rings. The van der Waals surface area contributed by atoms with Crippen LogP contribution in [0.15, 0.2) is 61.4 Å². The van der Waals surface area contributed by atoms with Gasteiger partial charge in [-0.1, -0.05) is 36.4 Å². The fourth-order valence-corrected chi connectivity index (χ4v) is 4.77. The molecule has 1 aliphatic carbocycles. The number of halogens is 2. The van der Waals surface area contributed by atoms with Crippen LogP contribution in [0.25, 0.3) is 22.0 Å². The number of hydrogen-bond donors (Lipinski definition) is 1. The van der Waals surface area contributed by atoms with Crippen LogP contribution in [0.4, 0.5) is 10.3 Å². The number of rotatable bonds is 11. The van der Waals surface area contributed by atoms with E-state index in [0.29, 0.717) is 16.9 Å². The smallest absolute Gasteiger partial charge is 0.245 e. The Morgan fingerprint density at radius 3 is 2.55 bits per heavy atom. The molecule has 4 aromatic rings. The standard InChI is InChI=1S/C30H29ClFN7O3/c1-4-25(40)29-22-12-18(20-14-34-30(35-15-20)37(2)3)8-11-24(22)39(36-29)17-27(42)38(21-9-10-21)16-26(41)33-13-19-6-5-7-23(31)28(19)32/h4-8,11-12,14-15,21H,1,9-10,13,16-17H2,2-3H3,(H,33,41). The summed E-state index contributed by atoms with van der Waals surface area (Å²) in [5, 5.41) is 7.66. The lowest BCUT2D eigenvalue weighted by molar-refractivity contribution is -0.137. The Balaban J connectivity index is 1.35. The van der Waals surface area contributed by atoms with Crippen LogP contribution in [0, 0.1) is 5.82 Å². The van der Waals surface area contributed by atoms with Crippen LogP contribution in [0.5, 0.6) is 0 Å². The Bertz CT molecular complexity index is 1680. The lowest BCUT2D eigenvalue weighted by atomic mass is 10.0. The van der Waals surface area contributed by atoms with Gasteiger partial charge in [-0.15, -0.1) is 0 Å². The molecule has 0 aliphatic heterocycles. The zero-order valence-corrected chi connectivity index (χ0v) is 23.9. The van der Waals surface area contributed by atoms with Gasteiger partial charge < -0.3 is 15.1 Å². The van der Waals surface area contributed by atoms with E-state index in [1.54, 1.807) is 29.4 Å². The molecule has 0 atom stereocenters. The van der Waals surface area contributed by atoms with Gasteiger partial charge in [-0.2, -0.15) is 5.10 Å². The molecular formula is C30H29ClFN7O3. The Kier molecular flexibility index (Phi) is 8.30. The molecule has 1 N–H and O–H groups in total. The molecule has 42 heavy (non-hydrogen) atoms. The summed E-state index contributed by atoms with van der Waals surface area (Å²) in [5.74, 6) is -1.14. The lowest BCUT2D eigenvalue weighted by Crippen LogP contribution is -2.43. The monoisotopic (exact) mass is 589 g/mol. The van der Waals surface area contributed by atoms with Crippen LogP contribution in [0.1, 0.15) is 28.9 Å². The van der Waals surface area contributed by atoms with Crippen molar-refractivity contribution < 1.29 is 18.8 Å². The average molecular weight is 590 g/mol. The van der Waals surface area contributed by atoms with E-state index in [1.165, 1.54) is 27.8 Å². The van der Waals surface area contributed by atoms with E-state index < -0.39 is 11.7 Å². The summed E-state index contributed by atoms with van der Waals surface area (Å²) in [6, 6.07) is 9.95. The van der Waals surface area contributed by atoms with Crippen molar-refractivity contribution in [3.8, 4) is 11.1 Å². The van der Waals surface area contributed by atoms with Gasteiger partial charge in [-0.05, 0) is 42.7 Å². The summed E-state index contributed by atoms with van der Waals surface area (Å²) >= 11 is 5.83. The number of ketones is 1. The van der Waals surface area contributed by atoms with Gasteiger partial charge in [0.1, 0.15) is 18.1 Å². The van der Waals surface area contributed by atoms with E-state index in [9.17, 15) is 18.8 Å². The molecule has 5 rings (SSSR count). The molecule has 0 radical (unpaired) electrons. The fraction of sp³-hybridized carbons (Fsp3) is 0.267. The Hall–Kier alpha value is -4.64. The Labute approximate surface area is 246 Å². The maximum absolute atomic E-state index is 14.2. The first-order chi connectivity index (χ1) is 20.2. The highest BCUT2D eigenvalue weighted by atomic mass is 35.5. The Morgan fingerprint density at radius 1 is 1.14 bits per heavy atom. The number of allylic oxidation sites excluding steroid dienone is 1. The second-order valence-electron chi connectivity index (χ2n) is 10.2. The van der Waals surface area contributed by atoms with Crippen molar-refractivity contribution in [3.05, 3.63) is 83.5 Å². The molecule has 2 aromatic carbocycles. The van der Waals surface area contributed by atoms with Gasteiger partial charge in [0, 0.05) is 55.6 Å². The van der Waals surface area contributed by atoms with Crippen molar-refractivity contribution in [1.29, 1.82) is 0 Å². The number of carbonyl (C=O) groups is 3. The van der Waals surface area contributed by atoms with Gasteiger partial charge in [0.05, 0.1) is 17.1 Å². The molecule has 0 unspecified atom stereocenters. The van der Waals surface area contributed by atoms with Crippen LogP contribution in [-0.2, 0) is 22.7 Å². The summed E-state index contributed by atoms with van der Waals surface area (Å²) < 4.78 is 15.7. The van der Waals surface area contributed by atoms with Gasteiger partial charge in [0.15, 0.2) is 0 Å². The van der Waals surface area contributed by atoms with E-state index in [-0.39, 0.29) is 53.6 Å². The normalized spacial score (nSPS) is 12.7. The van der Waals surface area contributed by atoms with Crippen molar-refractivity contribution in [3.63, 3.8) is 0 Å². The summed E-state index contributed by atoms with van der Waals surface area (Å²) in [6.07, 6.45) is 6.14. The molecular weight excluding hydrogens is 561 g/mol. The minimum absolute atomic E-state index is 0.0278. The summed E-state index contributed by atoms with van der Waals surface area (Å²) in [5.41, 5.74) is 2.54. The molecule has 1 fully saturated rings. The van der Waals surface area contributed by atoms with E-state index >= 15 is 0 Å². The van der Waals surface area contributed by atoms with Crippen molar-refractivity contribution >= 4 is 46.0 Å². The Morgan fingerprint density at radius 2 is 1.88 bits per heavy atom. The summed E-state index contributed by atoms with van der Waals surface area (Å²) in [6.45, 7) is 3.18. The second-order valence-corrected chi connectivity index (χ2v) is 10.6. The zero-order valence-electron chi connectivity index (χ0n) is 23.2. The SMILES string of the molecule is C=CC(=O)c1nn(CC(=O)N(CC(=O)NCc2cccc(Cl)c2F)C2CC2)c2ccc(-c3cnc(N(C)C)nc3)cc12. The number of nitrogens with one attached hydrogen (secondary N) is 1. The van der Waals surface area contributed by atoms with Gasteiger partial charge in [-0.3, -0.25) is 19.1 Å². The number of anilines is 1. The van der Waals surface area contributed by atoms with Gasteiger partial charge in [0.2, 0.25) is 23.5 Å². The number of aromatic nitrogens is 4. The highest BCUT2D eigenvalue weighted by Crippen LogP contribution is 2.29. The predicted molar refractivity (Wildman–Crippen MR) is 158 cm³/mol. The maximum Gasteiger partial charge on any atom is 0.245 e. The van der Waals surface area contributed by atoms with E-state index in [0.717, 1.165) is 24.0 Å². The van der Waals surface area contributed by atoms with Crippen LogP contribution in [0.3, 0.4) is 0 Å². The molecule has 12 heteroatoms. The molecule has 1 saturated carbocycles. The number of fused-ring (bicyclic) bond motifs is 1. The maximum atomic E-state index is 14.2. The predicted octanol–water partition coefficient (Wildman–Crippen LogP) is 4.03. The highest BCUT2D eigenvalue weighted by molar-refractivity contribution is 6.30. The third-order valence-corrected chi connectivity index (χ3v) is 7.25. The minimum Gasteiger partial charge on any atom is -0.350 e. The molecule has 10 nitrogen and oxygen atoms in total. The van der Waals surface area contributed by atoms with Crippen LogP contribution in [-0.4, -0.2) is 68.9 Å². The molecule has 2 amide bonds. The first-order valence-corrected chi connectivity index (χ1v) is 13.7. The van der Waals surface area contributed by atoms with Crippen molar-refractivity contribution in [2.45, 2.75) is 32.0 Å². The lowest BCUT2D eigenvalue weighted by Gasteiger charge is -2.22. The second kappa shape index (κ2) is 12.1. The highest BCUT2D eigenvalue weighted by Gasteiger charge is 2.34. The van der Waals surface area contributed by atoms with Gasteiger partial charge in [0.25, 0.3) is 0 Å². The zero-order chi connectivity index (χ0) is 30.0. The van der Waals surface area contributed by atoms with Gasteiger partial charge in [-0.25, -0.2) is 14.4 Å². The summed E-state index contributed by atoms with van der Waals surface area (Å²) in [4.78, 5) is 50.9. The van der Waals surface area contributed by atoms with E-state index in [1.807, 2.05) is 26.2 Å². The molecule has 2 heterocycles. The first kappa shape index (κ1) is 28.9. The van der Waals surface area contributed by atoms with Gasteiger partial charge >= 0.3 is 0 Å². The van der Waals surface area contributed by atoms with E-state index in [4.69, 9.17) is 11.6 Å². The molecule has 0 bridgehead atoms. The largest absolute Gasteiger partial charge is 0.350 e. The van der Waals surface area contributed by atoms with Crippen molar-refractivity contribution in [1.82, 2.24) is 30.0 Å². The molecule has 0 saturated heterocycles. The van der Waals surface area contributed by atoms with Crippen LogP contribution < -0.4 is 10.2 Å². The number of nitrogens with zero attached hydrogens (tertiary/aromatic N) is 6. The first-order valence-electron chi connectivity index (χ1n) is 13.3. The average Bonchev–Trinajstić information content (AvgIpc) is 3.77. The number of carbonyl (C=O) groups excluding carboxylic acids is 3. The molecule has 216 valence electrons.